The molecule has 0 aliphatic carbocycles. The van der Waals surface area contributed by atoms with Gasteiger partial charge in [-0.25, -0.2) is 0 Å². The van der Waals surface area contributed by atoms with Crippen LogP contribution in [0.2, 0.25) is 0 Å². The number of hydrogen-bond acceptors (Lipinski definition) is 4. The van der Waals surface area contributed by atoms with Crippen LogP contribution in [-0.4, -0.2) is 52.7 Å². The molecule has 0 radical (unpaired) electrons. The first-order valence-electron chi connectivity index (χ1n) is 10.1. The predicted octanol–water partition coefficient (Wildman–Crippen LogP) is 2.39. The fourth-order valence-electron chi connectivity index (χ4n) is 3.50. The lowest BCUT2D eigenvalue weighted by molar-refractivity contribution is -0.134. The van der Waals surface area contributed by atoms with Gasteiger partial charge in [-0.05, 0) is 62.8 Å². The van der Waals surface area contributed by atoms with Crippen molar-refractivity contribution in [3.8, 4) is 5.75 Å². The smallest absolute Gasteiger partial charge is 0.271 e. The second kappa shape index (κ2) is 9.11. The zero-order valence-electron chi connectivity index (χ0n) is 17.7. The Hall–Kier alpha value is -2.83. The lowest BCUT2D eigenvalue weighted by Crippen LogP contribution is -2.43. The maximum Gasteiger partial charge on any atom is 0.271 e. The molecule has 7 nitrogen and oxygen atoms in total. The van der Waals surface area contributed by atoms with E-state index < -0.39 is 0 Å². The second-order valence-electron chi connectivity index (χ2n) is 7.82. The number of carbonyl (C=O) groups is 2. The van der Waals surface area contributed by atoms with Gasteiger partial charge in [-0.2, -0.15) is 5.10 Å². The molecule has 0 unspecified atom stereocenters. The average Bonchev–Trinajstić information content (AvgIpc) is 3.06. The summed E-state index contributed by atoms with van der Waals surface area (Å²) in [6.45, 7) is 8.00. The summed E-state index contributed by atoms with van der Waals surface area (Å²) >= 11 is 0. The summed E-state index contributed by atoms with van der Waals surface area (Å²) < 4.78 is 7.44. The molecule has 1 aromatic carbocycles. The SMILES string of the molecule is Cc1cccc(OCC(=O)N2CCC(CNC(=O)c3cc(C)n(C)n3)CC2)c1C. The number of hydrogen-bond donors (Lipinski definition) is 1. The number of nitrogens with zero attached hydrogens (tertiary/aromatic N) is 3. The molecule has 1 saturated heterocycles. The van der Waals surface area contributed by atoms with Gasteiger partial charge in [-0.1, -0.05) is 12.1 Å². The number of carbonyl (C=O) groups excluding carboxylic acids is 2. The highest BCUT2D eigenvalue weighted by Gasteiger charge is 2.24. The van der Waals surface area contributed by atoms with Crippen molar-refractivity contribution in [3.05, 3.63) is 46.8 Å². The van der Waals surface area contributed by atoms with E-state index in [1.807, 2.05) is 50.9 Å². The summed E-state index contributed by atoms with van der Waals surface area (Å²) in [6, 6.07) is 7.65. The van der Waals surface area contributed by atoms with Gasteiger partial charge in [0.2, 0.25) is 0 Å². The van der Waals surface area contributed by atoms with E-state index in [4.69, 9.17) is 4.74 Å². The van der Waals surface area contributed by atoms with E-state index in [2.05, 4.69) is 10.4 Å². The van der Waals surface area contributed by atoms with Gasteiger partial charge in [0.15, 0.2) is 6.61 Å². The zero-order valence-corrected chi connectivity index (χ0v) is 17.7. The zero-order chi connectivity index (χ0) is 21.0. The number of amides is 2. The minimum Gasteiger partial charge on any atom is -0.483 e. The third-order valence-electron chi connectivity index (χ3n) is 5.77. The van der Waals surface area contributed by atoms with Crippen molar-refractivity contribution < 1.29 is 14.3 Å². The van der Waals surface area contributed by atoms with Crippen molar-refractivity contribution in [1.29, 1.82) is 0 Å². The van der Waals surface area contributed by atoms with Gasteiger partial charge in [0, 0.05) is 32.4 Å². The summed E-state index contributed by atoms with van der Waals surface area (Å²) in [4.78, 5) is 26.6. The fraction of sp³-hybridized carbons (Fsp3) is 0.500. The fourth-order valence-corrected chi connectivity index (χ4v) is 3.50. The number of likely N-dealkylation sites (tertiary alicyclic amines) is 1. The molecule has 3 rings (SSSR count). The van der Waals surface area contributed by atoms with E-state index in [0.717, 1.165) is 35.4 Å². The molecule has 1 N–H and O–H groups in total. The first-order valence-corrected chi connectivity index (χ1v) is 10.1. The van der Waals surface area contributed by atoms with E-state index in [0.29, 0.717) is 31.2 Å². The van der Waals surface area contributed by atoms with Crippen LogP contribution in [0.1, 0.15) is 40.2 Å². The molecular weight excluding hydrogens is 368 g/mol. The highest BCUT2D eigenvalue weighted by Crippen LogP contribution is 2.21. The van der Waals surface area contributed by atoms with Crippen molar-refractivity contribution in [2.45, 2.75) is 33.6 Å². The van der Waals surface area contributed by atoms with Crippen molar-refractivity contribution in [1.82, 2.24) is 20.0 Å². The van der Waals surface area contributed by atoms with Crippen molar-refractivity contribution in [2.75, 3.05) is 26.2 Å². The third-order valence-corrected chi connectivity index (χ3v) is 5.77. The first kappa shape index (κ1) is 20.9. The minimum absolute atomic E-state index is 0.0114. The van der Waals surface area contributed by atoms with Gasteiger partial charge >= 0.3 is 0 Å². The van der Waals surface area contributed by atoms with Crippen LogP contribution < -0.4 is 10.1 Å². The average molecular weight is 399 g/mol. The molecule has 1 aliphatic heterocycles. The number of aryl methyl sites for hydroxylation is 3. The Bertz CT molecular complexity index is 863. The number of piperidine rings is 1. The Kier molecular flexibility index (Phi) is 6.56. The topological polar surface area (TPSA) is 76.5 Å². The monoisotopic (exact) mass is 398 g/mol. The number of ether oxygens (including phenoxy) is 1. The van der Waals surface area contributed by atoms with Crippen LogP contribution in [0.15, 0.2) is 24.3 Å². The van der Waals surface area contributed by atoms with Crippen LogP contribution >= 0.6 is 0 Å². The molecule has 0 bridgehead atoms. The van der Waals surface area contributed by atoms with E-state index in [-0.39, 0.29) is 18.4 Å². The van der Waals surface area contributed by atoms with E-state index >= 15 is 0 Å². The molecule has 1 aliphatic rings. The Balaban J connectivity index is 1.41. The summed E-state index contributed by atoms with van der Waals surface area (Å²) in [5.41, 5.74) is 3.61. The van der Waals surface area contributed by atoms with Crippen LogP contribution in [0, 0.1) is 26.7 Å². The Morgan fingerprint density at radius 3 is 2.59 bits per heavy atom. The first-order chi connectivity index (χ1) is 13.8. The van der Waals surface area contributed by atoms with Crippen LogP contribution in [0.4, 0.5) is 0 Å². The Morgan fingerprint density at radius 1 is 1.21 bits per heavy atom. The number of rotatable bonds is 6. The van der Waals surface area contributed by atoms with E-state index in [9.17, 15) is 9.59 Å². The summed E-state index contributed by atoms with van der Waals surface area (Å²) in [6.07, 6.45) is 1.74. The van der Waals surface area contributed by atoms with Gasteiger partial charge in [0.05, 0.1) is 0 Å². The molecule has 1 aromatic heterocycles. The van der Waals surface area contributed by atoms with Gasteiger partial charge in [-0.15, -0.1) is 0 Å². The summed E-state index contributed by atoms with van der Waals surface area (Å²) in [7, 11) is 1.82. The Morgan fingerprint density at radius 2 is 1.93 bits per heavy atom. The second-order valence-corrected chi connectivity index (χ2v) is 7.82. The lowest BCUT2D eigenvalue weighted by Gasteiger charge is -2.32. The van der Waals surface area contributed by atoms with Crippen molar-refractivity contribution in [2.24, 2.45) is 13.0 Å². The quantitative estimate of drug-likeness (QED) is 0.811. The van der Waals surface area contributed by atoms with Crippen molar-refractivity contribution >= 4 is 11.8 Å². The minimum atomic E-state index is -0.144. The molecule has 1 fully saturated rings. The summed E-state index contributed by atoms with van der Waals surface area (Å²) in [5.74, 6) is 1.000. The van der Waals surface area contributed by atoms with Gasteiger partial charge < -0.3 is 15.0 Å². The molecule has 156 valence electrons. The highest BCUT2D eigenvalue weighted by atomic mass is 16.5. The molecule has 29 heavy (non-hydrogen) atoms. The number of aromatic nitrogens is 2. The van der Waals surface area contributed by atoms with E-state index in [1.165, 1.54) is 0 Å². The predicted molar refractivity (Wildman–Crippen MR) is 111 cm³/mol. The Labute approximate surface area is 172 Å². The van der Waals surface area contributed by atoms with Gasteiger partial charge in [0.1, 0.15) is 11.4 Å². The highest BCUT2D eigenvalue weighted by molar-refractivity contribution is 5.92. The molecule has 7 heteroatoms. The van der Waals surface area contributed by atoms with Gasteiger partial charge in [0.25, 0.3) is 11.8 Å². The number of benzene rings is 1. The molecule has 2 aromatic rings. The maximum absolute atomic E-state index is 12.5. The molecule has 0 atom stereocenters. The lowest BCUT2D eigenvalue weighted by atomic mass is 9.96. The van der Waals surface area contributed by atoms with Crippen molar-refractivity contribution in [3.63, 3.8) is 0 Å². The normalized spacial score (nSPS) is 14.7. The van der Waals surface area contributed by atoms with Crippen LogP contribution in [0.25, 0.3) is 0 Å². The van der Waals surface area contributed by atoms with Crippen LogP contribution in [0.3, 0.4) is 0 Å². The van der Waals surface area contributed by atoms with Crippen LogP contribution in [0.5, 0.6) is 5.75 Å². The van der Waals surface area contributed by atoms with E-state index in [1.54, 1.807) is 10.7 Å². The van der Waals surface area contributed by atoms with Crippen LogP contribution in [-0.2, 0) is 11.8 Å². The molecule has 2 amide bonds. The number of nitrogens with one attached hydrogen (secondary N) is 1. The third kappa shape index (κ3) is 5.16. The molecule has 0 spiro atoms. The molecule has 2 heterocycles. The standard InChI is InChI=1S/C22H30N4O3/c1-15-6-5-7-20(17(15)3)29-14-21(27)26-10-8-18(9-11-26)13-23-22(28)19-12-16(2)25(4)24-19/h5-7,12,18H,8-11,13-14H2,1-4H3,(H,23,28). The largest absolute Gasteiger partial charge is 0.483 e. The summed E-state index contributed by atoms with van der Waals surface area (Å²) in [5, 5.41) is 7.17. The molecule has 0 saturated carbocycles. The van der Waals surface area contributed by atoms with Gasteiger partial charge in [-0.3, -0.25) is 14.3 Å². The maximum atomic E-state index is 12.5. The molecular formula is C22H30N4O3.